The lowest BCUT2D eigenvalue weighted by Crippen LogP contribution is -2.44. The highest BCUT2D eigenvalue weighted by atomic mass is 35.5. The first-order valence-corrected chi connectivity index (χ1v) is 11.1. The van der Waals surface area contributed by atoms with E-state index in [0.29, 0.717) is 16.7 Å². The molecule has 2 aromatic carbocycles. The van der Waals surface area contributed by atoms with Gasteiger partial charge in [0.15, 0.2) is 0 Å². The van der Waals surface area contributed by atoms with Crippen molar-refractivity contribution in [2.75, 3.05) is 55.9 Å². The summed E-state index contributed by atoms with van der Waals surface area (Å²) in [7, 11) is 3.77. The van der Waals surface area contributed by atoms with Crippen molar-refractivity contribution in [3.8, 4) is 5.75 Å². The van der Waals surface area contributed by atoms with Gasteiger partial charge in [-0.05, 0) is 57.3 Å². The Bertz CT molecular complexity index is 1080. The van der Waals surface area contributed by atoms with E-state index in [4.69, 9.17) is 21.3 Å². The van der Waals surface area contributed by atoms with Gasteiger partial charge in [-0.25, -0.2) is 4.98 Å². The van der Waals surface area contributed by atoms with Gasteiger partial charge in [0.05, 0.1) is 12.1 Å². The molecule has 0 atom stereocenters. The minimum Gasteiger partial charge on any atom is -0.495 e. The number of benzene rings is 2. The number of nitrogens with one attached hydrogen (secondary N) is 2. The highest BCUT2D eigenvalue weighted by Crippen LogP contribution is 2.30. The molecule has 0 aliphatic carbocycles. The maximum Gasteiger partial charge on any atom is 0.229 e. The number of aryl methyl sites for hydroxylation is 1. The van der Waals surface area contributed by atoms with Crippen molar-refractivity contribution in [2.24, 2.45) is 0 Å². The Balaban J connectivity index is 1.50. The lowest BCUT2D eigenvalue weighted by atomic mass is 10.2. The molecule has 168 valence electrons. The van der Waals surface area contributed by atoms with Crippen molar-refractivity contribution in [3.63, 3.8) is 0 Å². The van der Waals surface area contributed by atoms with Crippen LogP contribution in [0.4, 0.5) is 28.8 Å². The number of likely N-dealkylation sites (N-methyl/N-ethyl adjacent to an activating group) is 1. The second kappa shape index (κ2) is 9.63. The van der Waals surface area contributed by atoms with Crippen molar-refractivity contribution in [3.05, 3.63) is 58.7 Å². The minimum absolute atomic E-state index is 0.545. The van der Waals surface area contributed by atoms with Crippen LogP contribution < -0.4 is 20.3 Å². The summed E-state index contributed by atoms with van der Waals surface area (Å²) < 4.78 is 5.32. The number of halogens is 1. The van der Waals surface area contributed by atoms with Crippen LogP contribution in [0.25, 0.3) is 0 Å². The van der Waals surface area contributed by atoms with Crippen molar-refractivity contribution < 1.29 is 4.74 Å². The molecule has 1 aliphatic heterocycles. The highest BCUT2D eigenvalue weighted by molar-refractivity contribution is 6.32. The zero-order valence-corrected chi connectivity index (χ0v) is 19.7. The van der Waals surface area contributed by atoms with Gasteiger partial charge in [-0.1, -0.05) is 11.6 Å². The molecule has 0 unspecified atom stereocenters. The van der Waals surface area contributed by atoms with E-state index in [0.717, 1.165) is 54.6 Å². The van der Waals surface area contributed by atoms with E-state index in [1.807, 2.05) is 26.0 Å². The summed E-state index contributed by atoms with van der Waals surface area (Å²) in [4.78, 5) is 14.1. The number of anilines is 5. The standard InChI is InChI=1S/C24H29ClN6O/c1-16-17(2)26-24(29-23(16)27-19-7-10-21(25)22(15-19)32-4)28-18-5-8-20(9-6-18)31-13-11-30(3)12-14-31/h5-10,15H,11-14H2,1-4H3,(H2,26,27,28,29). The number of hydrogen-bond donors (Lipinski definition) is 2. The zero-order valence-electron chi connectivity index (χ0n) is 18.9. The second-order valence-corrected chi connectivity index (χ2v) is 8.45. The third-order valence-electron chi connectivity index (χ3n) is 5.79. The first kappa shape index (κ1) is 22.2. The molecule has 2 heterocycles. The van der Waals surface area contributed by atoms with Gasteiger partial charge in [-0.15, -0.1) is 0 Å². The molecule has 0 radical (unpaired) electrons. The first-order valence-electron chi connectivity index (χ1n) is 10.7. The van der Waals surface area contributed by atoms with Gasteiger partial charge in [-0.2, -0.15) is 4.98 Å². The van der Waals surface area contributed by atoms with Gasteiger partial charge in [0.1, 0.15) is 11.6 Å². The average Bonchev–Trinajstić information content (AvgIpc) is 2.79. The van der Waals surface area contributed by atoms with Crippen molar-refractivity contribution >= 4 is 40.4 Å². The molecule has 0 spiro atoms. The predicted molar refractivity (Wildman–Crippen MR) is 132 cm³/mol. The summed E-state index contributed by atoms with van der Waals surface area (Å²) in [6.45, 7) is 8.26. The smallest absolute Gasteiger partial charge is 0.229 e. The third kappa shape index (κ3) is 5.06. The van der Waals surface area contributed by atoms with Gasteiger partial charge in [0.25, 0.3) is 0 Å². The Kier molecular flexibility index (Phi) is 6.67. The summed E-state index contributed by atoms with van der Waals surface area (Å²) in [6.07, 6.45) is 0. The fourth-order valence-electron chi connectivity index (χ4n) is 3.63. The van der Waals surface area contributed by atoms with Crippen molar-refractivity contribution in [1.29, 1.82) is 0 Å². The summed E-state index contributed by atoms with van der Waals surface area (Å²) in [5.41, 5.74) is 4.92. The normalized spacial score (nSPS) is 14.3. The predicted octanol–water partition coefficient (Wildman–Crippen LogP) is 4.99. The molecule has 0 bridgehead atoms. The van der Waals surface area contributed by atoms with Crippen LogP contribution in [0.15, 0.2) is 42.5 Å². The monoisotopic (exact) mass is 452 g/mol. The highest BCUT2D eigenvalue weighted by Gasteiger charge is 2.14. The van der Waals surface area contributed by atoms with Crippen molar-refractivity contribution in [2.45, 2.75) is 13.8 Å². The average molecular weight is 453 g/mol. The van der Waals surface area contributed by atoms with Gasteiger partial charge < -0.3 is 25.2 Å². The number of methoxy groups -OCH3 is 1. The molecule has 4 rings (SSSR count). The second-order valence-electron chi connectivity index (χ2n) is 8.04. The van der Waals surface area contributed by atoms with Gasteiger partial charge in [0, 0.05) is 60.6 Å². The third-order valence-corrected chi connectivity index (χ3v) is 6.11. The van der Waals surface area contributed by atoms with Crippen LogP contribution in [0.2, 0.25) is 5.02 Å². The maximum absolute atomic E-state index is 6.14. The van der Waals surface area contributed by atoms with E-state index >= 15 is 0 Å². The molecule has 7 nitrogen and oxygen atoms in total. The fraction of sp³-hybridized carbons (Fsp3) is 0.333. The van der Waals surface area contributed by atoms with Gasteiger partial charge in [0.2, 0.25) is 5.95 Å². The summed E-state index contributed by atoms with van der Waals surface area (Å²) >= 11 is 6.14. The minimum atomic E-state index is 0.545. The molecule has 1 fully saturated rings. The van der Waals surface area contributed by atoms with E-state index in [2.05, 4.69) is 56.7 Å². The number of aromatic nitrogens is 2. The van der Waals surface area contributed by atoms with Crippen LogP contribution in [-0.4, -0.2) is 55.2 Å². The molecule has 0 amide bonds. The van der Waals surface area contributed by atoms with E-state index in [1.165, 1.54) is 5.69 Å². The number of hydrogen-bond acceptors (Lipinski definition) is 7. The zero-order chi connectivity index (χ0) is 22.7. The van der Waals surface area contributed by atoms with Crippen molar-refractivity contribution in [1.82, 2.24) is 14.9 Å². The summed E-state index contributed by atoms with van der Waals surface area (Å²) in [5.74, 6) is 1.89. The van der Waals surface area contributed by atoms with Crippen LogP contribution in [0.3, 0.4) is 0 Å². The Morgan fingerprint density at radius 1 is 0.906 bits per heavy atom. The molecule has 1 saturated heterocycles. The van der Waals surface area contributed by atoms with Crippen LogP contribution in [0.5, 0.6) is 5.75 Å². The van der Waals surface area contributed by atoms with Crippen LogP contribution in [0, 0.1) is 13.8 Å². The Morgan fingerprint density at radius 3 is 2.28 bits per heavy atom. The topological polar surface area (TPSA) is 65.6 Å². The summed E-state index contributed by atoms with van der Waals surface area (Å²) in [5, 5.41) is 7.25. The van der Waals surface area contributed by atoms with Crippen LogP contribution in [0.1, 0.15) is 11.3 Å². The van der Waals surface area contributed by atoms with Gasteiger partial charge >= 0.3 is 0 Å². The Labute approximate surface area is 194 Å². The molecule has 8 heteroatoms. The molecule has 32 heavy (non-hydrogen) atoms. The maximum atomic E-state index is 6.14. The number of ether oxygens (including phenoxy) is 1. The van der Waals surface area contributed by atoms with Gasteiger partial charge in [-0.3, -0.25) is 0 Å². The van der Waals surface area contributed by atoms with Crippen LogP contribution in [-0.2, 0) is 0 Å². The molecule has 0 saturated carbocycles. The SMILES string of the molecule is COc1cc(Nc2nc(Nc3ccc(N4CCN(C)CC4)cc3)nc(C)c2C)ccc1Cl. The molecule has 2 N–H and O–H groups in total. The fourth-order valence-corrected chi connectivity index (χ4v) is 3.82. The van der Waals surface area contributed by atoms with E-state index in [9.17, 15) is 0 Å². The molecular weight excluding hydrogens is 424 g/mol. The molecule has 1 aliphatic rings. The number of piperazine rings is 1. The van der Waals surface area contributed by atoms with Crippen LogP contribution >= 0.6 is 11.6 Å². The largest absolute Gasteiger partial charge is 0.495 e. The number of nitrogens with zero attached hydrogens (tertiary/aromatic N) is 4. The van der Waals surface area contributed by atoms with E-state index in [-0.39, 0.29) is 0 Å². The quantitative estimate of drug-likeness (QED) is 0.545. The lowest BCUT2D eigenvalue weighted by Gasteiger charge is -2.34. The van der Waals surface area contributed by atoms with E-state index < -0.39 is 0 Å². The van der Waals surface area contributed by atoms with E-state index in [1.54, 1.807) is 13.2 Å². The molecular formula is C24H29ClN6O. The molecule has 1 aromatic heterocycles. The first-order chi connectivity index (χ1) is 15.4. The molecule has 3 aromatic rings. The Hall–Kier alpha value is -3.03. The summed E-state index contributed by atoms with van der Waals surface area (Å²) in [6, 6.07) is 14.0. The Morgan fingerprint density at radius 2 is 1.59 bits per heavy atom. The number of rotatable bonds is 6. The lowest BCUT2D eigenvalue weighted by molar-refractivity contribution is 0.313.